The second-order valence-electron chi connectivity index (χ2n) is 5.77. The third-order valence-electron chi connectivity index (χ3n) is 3.91. The number of nitrogens with one attached hydrogen (secondary N) is 1. The Morgan fingerprint density at radius 1 is 1.15 bits per heavy atom. The zero-order valence-electron chi connectivity index (χ0n) is 14.1. The number of rotatable bonds is 6. The fourth-order valence-corrected chi connectivity index (χ4v) is 4.17. The maximum Gasteiger partial charge on any atom is 1.00 e. The van der Waals surface area contributed by atoms with E-state index >= 15 is 0 Å². The standard InChI is InChI=1S/C17H16ClNO5S.Na/c18-13-2-5-16(6-3-13)25(22,23)19-14-7-11-1-4-15(9-12(11)8-14)24-10-17(20)21;/h1-6,9,14,19H,7-8,10H2,(H,20,21);/q;+1/p-1. The Morgan fingerprint density at radius 3 is 2.46 bits per heavy atom. The molecule has 1 aliphatic carbocycles. The van der Waals surface area contributed by atoms with E-state index in [9.17, 15) is 18.3 Å². The van der Waals surface area contributed by atoms with Gasteiger partial charge in [-0.15, -0.1) is 0 Å². The predicted molar refractivity (Wildman–Crippen MR) is 89.9 cm³/mol. The van der Waals surface area contributed by atoms with Crippen molar-refractivity contribution in [3.8, 4) is 5.75 Å². The number of hydrogen-bond donors (Lipinski definition) is 1. The van der Waals surface area contributed by atoms with Gasteiger partial charge < -0.3 is 14.6 Å². The van der Waals surface area contributed by atoms with Crippen molar-refractivity contribution in [1.29, 1.82) is 0 Å². The first-order valence-electron chi connectivity index (χ1n) is 7.56. The number of carboxylic acid groups (broad SMARTS) is 1. The second kappa shape index (κ2) is 8.73. The van der Waals surface area contributed by atoms with E-state index in [0.29, 0.717) is 23.6 Å². The predicted octanol–water partition coefficient (Wildman–Crippen LogP) is -2.08. The van der Waals surface area contributed by atoms with Crippen LogP contribution in [-0.4, -0.2) is 27.0 Å². The number of aliphatic carboxylic acids is 1. The molecule has 9 heteroatoms. The van der Waals surface area contributed by atoms with E-state index in [4.69, 9.17) is 16.3 Å². The van der Waals surface area contributed by atoms with Gasteiger partial charge in [0.15, 0.2) is 0 Å². The Balaban J connectivity index is 0.00000243. The molecule has 26 heavy (non-hydrogen) atoms. The molecule has 0 aromatic heterocycles. The summed E-state index contributed by atoms with van der Waals surface area (Å²) in [6, 6.07) is 10.9. The minimum Gasteiger partial charge on any atom is -0.546 e. The van der Waals surface area contributed by atoms with Crippen LogP contribution in [0.3, 0.4) is 0 Å². The van der Waals surface area contributed by atoms with Crippen LogP contribution in [0.5, 0.6) is 5.75 Å². The largest absolute Gasteiger partial charge is 1.00 e. The van der Waals surface area contributed by atoms with Gasteiger partial charge in [0.1, 0.15) is 12.4 Å². The van der Waals surface area contributed by atoms with E-state index in [1.54, 1.807) is 12.1 Å². The molecular weight excluding hydrogens is 389 g/mol. The number of carboxylic acids is 1. The summed E-state index contributed by atoms with van der Waals surface area (Å²) in [5, 5.41) is 10.9. The van der Waals surface area contributed by atoms with Crippen molar-refractivity contribution in [2.75, 3.05) is 6.61 Å². The third-order valence-corrected chi connectivity index (χ3v) is 5.70. The van der Waals surface area contributed by atoms with Crippen LogP contribution in [-0.2, 0) is 27.7 Å². The molecule has 0 aliphatic heterocycles. The molecule has 0 spiro atoms. The van der Waals surface area contributed by atoms with E-state index in [0.717, 1.165) is 11.1 Å². The summed E-state index contributed by atoms with van der Waals surface area (Å²) in [5.74, 6) is -0.877. The molecule has 0 bridgehead atoms. The molecule has 2 aromatic rings. The van der Waals surface area contributed by atoms with Crippen molar-refractivity contribution < 1.29 is 52.6 Å². The van der Waals surface area contributed by atoms with Crippen LogP contribution in [0.25, 0.3) is 0 Å². The Kier molecular flexibility index (Phi) is 7.12. The van der Waals surface area contributed by atoms with Crippen LogP contribution in [0.4, 0.5) is 0 Å². The van der Waals surface area contributed by atoms with Crippen LogP contribution in [0, 0.1) is 0 Å². The normalized spacial score (nSPS) is 15.8. The van der Waals surface area contributed by atoms with E-state index in [1.165, 1.54) is 24.3 Å². The van der Waals surface area contributed by atoms with Crippen molar-refractivity contribution in [2.24, 2.45) is 0 Å². The van der Waals surface area contributed by atoms with Gasteiger partial charge in [-0.2, -0.15) is 0 Å². The average molecular weight is 404 g/mol. The van der Waals surface area contributed by atoms with Gasteiger partial charge in [0.05, 0.1) is 10.9 Å². The summed E-state index contributed by atoms with van der Waals surface area (Å²) in [6.45, 7) is -0.522. The third kappa shape index (κ3) is 5.22. The number of fused-ring (bicyclic) bond motifs is 1. The fraction of sp³-hybridized carbons (Fsp3) is 0.235. The molecule has 1 unspecified atom stereocenters. The van der Waals surface area contributed by atoms with Crippen LogP contribution < -0.4 is 44.1 Å². The average Bonchev–Trinajstić information content (AvgIpc) is 2.93. The summed E-state index contributed by atoms with van der Waals surface area (Å²) in [5.41, 5.74) is 1.93. The zero-order valence-corrected chi connectivity index (χ0v) is 17.6. The van der Waals surface area contributed by atoms with Gasteiger partial charge in [-0.05, 0) is 60.4 Å². The van der Waals surface area contributed by atoms with Crippen molar-refractivity contribution in [2.45, 2.75) is 23.8 Å². The van der Waals surface area contributed by atoms with Gasteiger partial charge in [0, 0.05) is 11.1 Å². The molecule has 1 atom stereocenters. The maximum atomic E-state index is 12.4. The summed E-state index contributed by atoms with van der Waals surface area (Å²) in [7, 11) is -3.64. The van der Waals surface area contributed by atoms with Crippen LogP contribution in [0.2, 0.25) is 5.02 Å². The van der Waals surface area contributed by atoms with Crippen molar-refractivity contribution >= 4 is 27.6 Å². The number of halogens is 1. The van der Waals surface area contributed by atoms with E-state index < -0.39 is 22.6 Å². The van der Waals surface area contributed by atoms with Crippen LogP contribution in [0.15, 0.2) is 47.4 Å². The first-order chi connectivity index (χ1) is 11.8. The van der Waals surface area contributed by atoms with E-state index in [1.807, 2.05) is 6.07 Å². The topological polar surface area (TPSA) is 95.5 Å². The second-order valence-corrected chi connectivity index (χ2v) is 7.92. The van der Waals surface area contributed by atoms with Crippen LogP contribution in [0.1, 0.15) is 11.1 Å². The monoisotopic (exact) mass is 403 g/mol. The SMILES string of the molecule is O=C([O-])COc1ccc2c(c1)CC(NS(=O)(=O)c1ccc(Cl)cc1)C2.[Na+]. The minimum atomic E-state index is -3.64. The molecule has 2 aromatic carbocycles. The maximum absolute atomic E-state index is 12.4. The van der Waals surface area contributed by atoms with Gasteiger partial charge in [-0.3, -0.25) is 0 Å². The quantitative estimate of drug-likeness (QED) is 0.558. The molecule has 0 radical (unpaired) electrons. The number of sulfonamides is 1. The minimum absolute atomic E-state index is 0. The van der Waals surface area contributed by atoms with Crippen molar-refractivity contribution in [3.05, 3.63) is 58.6 Å². The van der Waals surface area contributed by atoms with Crippen molar-refractivity contribution in [1.82, 2.24) is 4.72 Å². The van der Waals surface area contributed by atoms with Gasteiger partial charge in [-0.1, -0.05) is 17.7 Å². The van der Waals surface area contributed by atoms with Crippen LogP contribution >= 0.6 is 11.6 Å². The Bertz CT molecular complexity index is 902. The number of carbonyl (C=O) groups excluding carboxylic acids is 1. The molecule has 0 saturated carbocycles. The van der Waals surface area contributed by atoms with E-state index in [2.05, 4.69) is 4.72 Å². The Hall–Kier alpha value is -1.09. The van der Waals surface area contributed by atoms with Gasteiger partial charge in [-0.25, -0.2) is 13.1 Å². The molecule has 0 heterocycles. The Morgan fingerprint density at radius 2 is 1.81 bits per heavy atom. The summed E-state index contributed by atoms with van der Waals surface area (Å²) >= 11 is 5.79. The fourth-order valence-electron chi connectivity index (χ4n) is 2.81. The van der Waals surface area contributed by atoms with Gasteiger partial charge in [0.25, 0.3) is 0 Å². The molecule has 1 aliphatic rings. The molecule has 6 nitrogen and oxygen atoms in total. The Labute approximate surface area is 178 Å². The number of hydrogen-bond acceptors (Lipinski definition) is 5. The summed E-state index contributed by atoms with van der Waals surface area (Å²) in [4.78, 5) is 10.6. The first kappa shape index (κ1) is 21.2. The molecule has 0 fully saturated rings. The van der Waals surface area contributed by atoms with Gasteiger partial charge >= 0.3 is 29.6 Å². The summed E-state index contributed by atoms with van der Waals surface area (Å²) in [6.07, 6.45) is 1.06. The smallest absolute Gasteiger partial charge is 0.546 e. The van der Waals surface area contributed by atoms with E-state index in [-0.39, 0.29) is 40.5 Å². The molecule has 0 amide bonds. The molecule has 132 valence electrons. The number of ether oxygens (including phenoxy) is 1. The molecule has 1 N–H and O–H groups in total. The number of carbonyl (C=O) groups is 1. The molecular formula is C17H15ClNNaO5S. The number of benzene rings is 2. The summed E-state index contributed by atoms with van der Waals surface area (Å²) < 4.78 is 32.7. The van der Waals surface area contributed by atoms with Crippen molar-refractivity contribution in [3.63, 3.8) is 0 Å². The first-order valence-corrected chi connectivity index (χ1v) is 9.42. The molecule has 3 rings (SSSR count). The van der Waals surface area contributed by atoms with Gasteiger partial charge in [0.2, 0.25) is 10.0 Å². The zero-order chi connectivity index (χ0) is 18.0. The molecule has 0 saturated heterocycles.